The molecule has 33 heavy (non-hydrogen) atoms. The molecule has 2 heterocycles. The summed E-state index contributed by atoms with van der Waals surface area (Å²) in [5.74, 6) is 0.811. The molecule has 1 N–H and O–H groups in total. The van der Waals surface area contributed by atoms with E-state index in [4.69, 9.17) is 11.6 Å². The molecule has 1 fully saturated rings. The van der Waals surface area contributed by atoms with Crippen LogP contribution in [0.4, 0.5) is 8.78 Å². The zero-order valence-corrected chi connectivity index (χ0v) is 21.0. The Hall–Kier alpha value is -2.02. The molecule has 0 radical (unpaired) electrons. The van der Waals surface area contributed by atoms with E-state index in [0.717, 1.165) is 18.8 Å². The van der Waals surface area contributed by atoms with Crippen LogP contribution in [0.5, 0.6) is 0 Å². The van der Waals surface area contributed by atoms with Gasteiger partial charge in [-0.25, -0.2) is 8.78 Å². The first-order valence-electron chi connectivity index (χ1n) is 11.8. The number of aromatic nitrogens is 3. The molecule has 0 spiro atoms. The highest BCUT2D eigenvalue weighted by atomic mass is 35.5. The number of carbonyl (C=O) groups excluding carboxylic acids is 1. The SMILES string of the molecule is CCn1nc(C(=O)NCC2CCC(C)CC2)c(Cl)c1-c1cnc(CC(C)(C)C)cc1C(F)F. The second-order valence-corrected chi connectivity index (χ2v) is 10.8. The molecule has 0 aromatic carbocycles. The summed E-state index contributed by atoms with van der Waals surface area (Å²) in [6.07, 6.45) is 3.82. The molecule has 0 bridgehead atoms. The lowest BCUT2D eigenvalue weighted by atomic mass is 9.83. The zero-order chi connectivity index (χ0) is 24.3. The van der Waals surface area contributed by atoms with Crippen LogP contribution in [0.15, 0.2) is 12.3 Å². The second-order valence-electron chi connectivity index (χ2n) is 10.5. The van der Waals surface area contributed by atoms with Crippen molar-refractivity contribution in [3.63, 3.8) is 0 Å². The summed E-state index contributed by atoms with van der Waals surface area (Å²) < 4.78 is 29.6. The van der Waals surface area contributed by atoms with Crippen molar-refractivity contribution in [2.75, 3.05) is 6.54 Å². The van der Waals surface area contributed by atoms with Crippen molar-refractivity contribution in [1.82, 2.24) is 20.1 Å². The highest BCUT2D eigenvalue weighted by molar-refractivity contribution is 6.36. The number of amides is 1. The molecule has 0 aliphatic heterocycles. The molecule has 1 aliphatic rings. The molecule has 3 rings (SSSR count). The number of hydrogen-bond donors (Lipinski definition) is 1. The minimum Gasteiger partial charge on any atom is -0.350 e. The Kier molecular flexibility index (Phi) is 8.14. The molecule has 2 aromatic heterocycles. The molecule has 0 unspecified atom stereocenters. The minimum absolute atomic E-state index is 0.0664. The molecule has 5 nitrogen and oxygen atoms in total. The topological polar surface area (TPSA) is 59.8 Å². The van der Waals surface area contributed by atoms with E-state index in [2.05, 4.69) is 22.3 Å². The van der Waals surface area contributed by atoms with Gasteiger partial charge in [0, 0.05) is 36.1 Å². The Balaban J connectivity index is 1.89. The van der Waals surface area contributed by atoms with E-state index in [1.807, 2.05) is 27.7 Å². The van der Waals surface area contributed by atoms with Crippen molar-refractivity contribution >= 4 is 17.5 Å². The fraction of sp³-hybridized carbons (Fsp3) is 0.640. The quantitative estimate of drug-likeness (QED) is 0.479. The lowest BCUT2D eigenvalue weighted by molar-refractivity contribution is 0.0936. The van der Waals surface area contributed by atoms with Crippen molar-refractivity contribution in [3.05, 3.63) is 34.2 Å². The van der Waals surface area contributed by atoms with Crippen LogP contribution in [0.1, 0.15) is 88.5 Å². The average Bonchev–Trinajstić information content (AvgIpc) is 3.08. The number of pyridine rings is 1. The van der Waals surface area contributed by atoms with E-state index in [9.17, 15) is 13.6 Å². The second kappa shape index (κ2) is 10.5. The van der Waals surface area contributed by atoms with Gasteiger partial charge >= 0.3 is 0 Å². The predicted octanol–water partition coefficient (Wildman–Crippen LogP) is 6.70. The standard InChI is InChI=1S/C25H35ClF2N4O/c1-6-32-22(19-14-29-17(12-25(3,4)5)11-18(19)23(27)28)20(26)21(31-32)24(33)30-13-16-9-7-15(2)8-10-16/h11,14-16,23H,6-10,12-13H2,1-5H3,(H,30,33). The third-order valence-corrected chi connectivity index (χ3v) is 6.65. The van der Waals surface area contributed by atoms with Gasteiger partial charge in [-0.2, -0.15) is 5.10 Å². The van der Waals surface area contributed by atoms with Crippen molar-refractivity contribution in [2.24, 2.45) is 17.3 Å². The molecule has 0 atom stereocenters. The van der Waals surface area contributed by atoms with Gasteiger partial charge in [-0.05, 0) is 49.5 Å². The summed E-state index contributed by atoms with van der Waals surface area (Å²) in [6, 6.07) is 1.44. The Labute approximate surface area is 200 Å². The molecule has 182 valence electrons. The van der Waals surface area contributed by atoms with E-state index < -0.39 is 6.43 Å². The maximum absolute atomic E-state index is 14.0. The first-order chi connectivity index (χ1) is 15.5. The van der Waals surface area contributed by atoms with Crippen LogP contribution >= 0.6 is 11.6 Å². The number of aryl methyl sites for hydroxylation is 1. The van der Waals surface area contributed by atoms with E-state index in [-0.39, 0.29) is 33.2 Å². The number of halogens is 3. The lowest BCUT2D eigenvalue weighted by Crippen LogP contribution is -2.31. The highest BCUT2D eigenvalue weighted by Crippen LogP contribution is 2.37. The van der Waals surface area contributed by atoms with Crippen LogP contribution in [0.25, 0.3) is 11.3 Å². The van der Waals surface area contributed by atoms with Gasteiger partial charge in [-0.1, -0.05) is 52.1 Å². The van der Waals surface area contributed by atoms with Gasteiger partial charge in [-0.15, -0.1) is 0 Å². The normalized spacial score (nSPS) is 19.2. The monoisotopic (exact) mass is 480 g/mol. The van der Waals surface area contributed by atoms with Gasteiger partial charge in [-0.3, -0.25) is 14.5 Å². The van der Waals surface area contributed by atoms with Crippen LogP contribution < -0.4 is 5.32 Å². The van der Waals surface area contributed by atoms with Crippen molar-refractivity contribution in [1.29, 1.82) is 0 Å². The summed E-state index contributed by atoms with van der Waals surface area (Å²) in [4.78, 5) is 17.3. The van der Waals surface area contributed by atoms with Gasteiger partial charge in [0.25, 0.3) is 12.3 Å². The Bertz CT molecular complexity index is 976. The Morgan fingerprint density at radius 2 is 1.94 bits per heavy atom. The van der Waals surface area contributed by atoms with E-state index in [0.29, 0.717) is 36.8 Å². The Morgan fingerprint density at radius 3 is 2.52 bits per heavy atom. The van der Waals surface area contributed by atoms with E-state index in [1.165, 1.54) is 29.8 Å². The summed E-state index contributed by atoms with van der Waals surface area (Å²) in [7, 11) is 0. The third-order valence-electron chi connectivity index (χ3n) is 6.29. The van der Waals surface area contributed by atoms with Gasteiger partial charge < -0.3 is 5.32 Å². The average molecular weight is 481 g/mol. The molecular formula is C25H35ClF2N4O. The van der Waals surface area contributed by atoms with Crippen molar-refractivity contribution in [2.45, 2.75) is 79.7 Å². The molecule has 8 heteroatoms. The maximum atomic E-state index is 14.0. The molecule has 1 amide bonds. The smallest absolute Gasteiger partial charge is 0.273 e. The summed E-state index contributed by atoms with van der Waals surface area (Å²) >= 11 is 6.58. The summed E-state index contributed by atoms with van der Waals surface area (Å²) in [5, 5.41) is 7.39. The van der Waals surface area contributed by atoms with Gasteiger partial charge in [0.05, 0.1) is 10.7 Å². The van der Waals surface area contributed by atoms with Crippen LogP contribution in [0.3, 0.4) is 0 Å². The third kappa shape index (κ3) is 6.31. The number of rotatable bonds is 7. The number of nitrogens with zero attached hydrogens (tertiary/aromatic N) is 3. The van der Waals surface area contributed by atoms with E-state index in [1.54, 1.807) is 0 Å². The number of alkyl halides is 2. The van der Waals surface area contributed by atoms with Crippen LogP contribution in [0.2, 0.25) is 5.02 Å². The number of nitrogens with one attached hydrogen (secondary N) is 1. The van der Waals surface area contributed by atoms with Crippen LogP contribution in [-0.4, -0.2) is 27.2 Å². The highest BCUT2D eigenvalue weighted by Gasteiger charge is 2.28. The molecular weight excluding hydrogens is 446 g/mol. The van der Waals surface area contributed by atoms with E-state index >= 15 is 0 Å². The molecule has 1 saturated carbocycles. The summed E-state index contributed by atoms with van der Waals surface area (Å²) in [5.41, 5.74) is 0.947. The first kappa shape index (κ1) is 25.6. The lowest BCUT2D eigenvalue weighted by Gasteiger charge is -2.26. The first-order valence-corrected chi connectivity index (χ1v) is 12.2. The zero-order valence-electron chi connectivity index (χ0n) is 20.2. The Morgan fingerprint density at radius 1 is 1.27 bits per heavy atom. The fourth-order valence-corrected chi connectivity index (χ4v) is 4.78. The maximum Gasteiger partial charge on any atom is 0.273 e. The minimum atomic E-state index is -2.70. The molecule has 0 saturated heterocycles. The van der Waals surface area contributed by atoms with Crippen LogP contribution in [-0.2, 0) is 13.0 Å². The van der Waals surface area contributed by atoms with Crippen molar-refractivity contribution < 1.29 is 13.6 Å². The number of carbonyl (C=O) groups is 1. The largest absolute Gasteiger partial charge is 0.350 e. The molecule has 1 aliphatic carbocycles. The number of hydrogen-bond acceptors (Lipinski definition) is 3. The van der Waals surface area contributed by atoms with Crippen molar-refractivity contribution in [3.8, 4) is 11.3 Å². The van der Waals surface area contributed by atoms with Gasteiger partial charge in [0.1, 0.15) is 0 Å². The fourth-order valence-electron chi connectivity index (χ4n) is 4.46. The van der Waals surface area contributed by atoms with Crippen LogP contribution in [0, 0.1) is 17.3 Å². The summed E-state index contributed by atoms with van der Waals surface area (Å²) in [6.45, 7) is 11.1. The predicted molar refractivity (Wildman–Crippen MR) is 128 cm³/mol. The molecule has 2 aromatic rings. The van der Waals surface area contributed by atoms with Gasteiger partial charge in [0.15, 0.2) is 5.69 Å². The van der Waals surface area contributed by atoms with Gasteiger partial charge in [0.2, 0.25) is 0 Å².